The van der Waals surface area contributed by atoms with E-state index >= 15 is 0 Å². The minimum absolute atomic E-state index is 0.750. The molecule has 7 saturated carbocycles. The molecule has 0 aromatic rings. The predicted octanol–water partition coefficient (Wildman–Crippen LogP) is 4.01. The van der Waals surface area contributed by atoms with Gasteiger partial charge in [-0.2, -0.15) is 0 Å². The zero-order valence-electron chi connectivity index (χ0n) is 10.6. The van der Waals surface area contributed by atoms with E-state index in [4.69, 9.17) is 5.11 Å². The predicted molar refractivity (Wildman–Crippen MR) is 68.4 cm³/mol. The molecule has 0 radical (unpaired) electrons. The minimum Gasteiger partial charge on any atom is -0.516 e. The van der Waals surface area contributed by atoms with E-state index in [1.54, 1.807) is 38.5 Å². The first-order valence-corrected chi connectivity index (χ1v) is 7.57. The van der Waals surface area contributed by atoms with E-state index in [0.29, 0.717) is 0 Å². The molecule has 0 aliphatic heterocycles. The van der Waals surface area contributed by atoms with Gasteiger partial charge in [0.1, 0.15) is 0 Å². The molecule has 7 rings (SSSR count). The third kappa shape index (κ3) is 1.26. The van der Waals surface area contributed by atoms with Crippen LogP contribution in [0.5, 0.6) is 0 Å². The van der Waals surface area contributed by atoms with Crippen LogP contribution in [0.4, 0.5) is 0 Å². The molecular formula is C16H24O. The zero-order chi connectivity index (χ0) is 11.6. The molecule has 0 amide bonds. The molecule has 7 aliphatic rings. The highest BCUT2D eigenvalue weighted by Gasteiger charge is 2.63. The van der Waals surface area contributed by atoms with Crippen LogP contribution >= 0.6 is 0 Å². The fourth-order valence-electron chi connectivity index (χ4n) is 6.89. The molecule has 0 spiro atoms. The Labute approximate surface area is 104 Å². The Morgan fingerprint density at radius 2 is 0.824 bits per heavy atom. The maximum Gasteiger partial charge on any atom is 0.0719 e. The van der Waals surface area contributed by atoms with Gasteiger partial charge >= 0.3 is 0 Å². The smallest absolute Gasteiger partial charge is 0.0719 e. The van der Waals surface area contributed by atoms with Crippen molar-refractivity contribution in [3.05, 3.63) is 12.8 Å². The number of aliphatic hydroxyl groups is 1. The van der Waals surface area contributed by atoms with Crippen molar-refractivity contribution in [3.8, 4) is 0 Å². The van der Waals surface area contributed by atoms with Crippen LogP contribution in [0.3, 0.4) is 0 Å². The quantitative estimate of drug-likeness (QED) is 0.626. The van der Waals surface area contributed by atoms with Crippen molar-refractivity contribution in [2.24, 2.45) is 47.3 Å². The zero-order valence-corrected chi connectivity index (χ0v) is 10.6. The fraction of sp³-hybridized carbons (Fsp3) is 0.875. The first-order valence-electron chi connectivity index (χ1n) is 7.57. The summed E-state index contributed by atoms with van der Waals surface area (Å²) >= 11 is 0. The summed E-state index contributed by atoms with van der Waals surface area (Å²) in [5.74, 6) is 9.74. The van der Waals surface area contributed by atoms with Gasteiger partial charge in [-0.25, -0.2) is 0 Å². The van der Waals surface area contributed by atoms with Gasteiger partial charge in [-0.1, -0.05) is 6.58 Å². The van der Waals surface area contributed by atoms with Crippen molar-refractivity contribution in [2.45, 2.75) is 38.5 Å². The number of hydrogen-bond donors (Lipinski definition) is 1. The van der Waals surface area contributed by atoms with Gasteiger partial charge in [0.25, 0.3) is 0 Å². The van der Waals surface area contributed by atoms with Gasteiger partial charge in [0.05, 0.1) is 6.26 Å². The van der Waals surface area contributed by atoms with Crippen molar-refractivity contribution in [2.75, 3.05) is 0 Å². The highest BCUT2D eigenvalue weighted by atomic mass is 16.2. The Morgan fingerprint density at radius 1 is 0.647 bits per heavy atom. The van der Waals surface area contributed by atoms with Gasteiger partial charge in [0, 0.05) is 0 Å². The molecule has 0 aromatic heterocycles. The molecule has 1 nitrogen and oxygen atoms in total. The number of aliphatic hydroxyl groups excluding tert-OH is 1. The maximum atomic E-state index is 7.33. The highest BCUT2D eigenvalue weighted by Crippen LogP contribution is 2.71. The Bertz CT molecular complexity index is 247. The van der Waals surface area contributed by atoms with Gasteiger partial charge in [-0.3, -0.25) is 0 Å². The standard InChI is InChI=1S/C14H20.C2H4O/c1-7-2-12-10-4-8-5-11(9(1)10)13(3-7)14(12)6-8;1-2-3/h7-14H,1-6H2;2-3H,1H2. The van der Waals surface area contributed by atoms with Crippen molar-refractivity contribution >= 4 is 0 Å². The first-order chi connectivity index (χ1) is 8.31. The summed E-state index contributed by atoms with van der Waals surface area (Å²) in [6.07, 6.45) is 10.7. The van der Waals surface area contributed by atoms with Crippen LogP contribution in [0.15, 0.2) is 12.8 Å². The first kappa shape index (κ1) is 10.5. The fourth-order valence-corrected chi connectivity index (χ4v) is 6.89. The average molecular weight is 232 g/mol. The van der Waals surface area contributed by atoms with Crippen LogP contribution in [0.25, 0.3) is 0 Å². The molecule has 1 heteroatoms. The third-order valence-electron chi connectivity index (χ3n) is 6.93. The van der Waals surface area contributed by atoms with E-state index in [-0.39, 0.29) is 0 Å². The van der Waals surface area contributed by atoms with Crippen molar-refractivity contribution in [3.63, 3.8) is 0 Å². The summed E-state index contributed by atoms with van der Waals surface area (Å²) in [7, 11) is 0. The van der Waals surface area contributed by atoms with Crippen molar-refractivity contribution in [1.82, 2.24) is 0 Å². The van der Waals surface area contributed by atoms with Crippen molar-refractivity contribution < 1.29 is 5.11 Å². The lowest BCUT2D eigenvalue weighted by Crippen LogP contribution is -2.62. The average Bonchev–Trinajstić information content (AvgIpc) is 2.36. The molecule has 8 bridgehead atoms. The summed E-state index contributed by atoms with van der Waals surface area (Å²) in [6.45, 7) is 2.92. The van der Waals surface area contributed by atoms with Gasteiger partial charge < -0.3 is 5.11 Å². The Hall–Kier alpha value is -0.460. The van der Waals surface area contributed by atoms with Gasteiger partial charge in [0.15, 0.2) is 0 Å². The Morgan fingerprint density at radius 3 is 1.00 bits per heavy atom. The van der Waals surface area contributed by atoms with Crippen LogP contribution in [0.2, 0.25) is 0 Å². The van der Waals surface area contributed by atoms with Gasteiger partial charge in [-0.15, -0.1) is 0 Å². The molecule has 94 valence electrons. The van der Waals surface area contributed by atoms with E-state index in [9.17, 15) is 0 Å². The molecule has 0 atom stereocenters. The highest BCUT2D eigenvalue weighted by molar-refractivity contribution is 5.12. The van der Waals surface area contributed by atoms with E-state index in [1.807, 2.05) is 0 Å². The summed E-state index contributed by atoms with van der Waals surface area (Å²) in [4.78, 5) is 0. The lowest BCUT2D eigenvalue weighted by atomic mass is 9.36. The Balaban J connectivity index is 0.000000246. The minimum atomic E-state index is 0.750. The third-order valence-corrected chi connectivity index (χ3v) is 6.93. The molecule has 0 aromatic carbocycles. The molecular weight excluding hydrogens is 208 g/mol. The monoisotopic (exact) mass is 232 g/mol. The number of hydrogen-bond acceptors (Lipinski definition) is 1. The second-order valence-electron chi connectivity index (χ2n) is 7.31. The second-order valence-corrected chi connectivity index (χ2v) is 7.31. The summed E-state index contributed by atoms with van der Waals surface area (Å²) in [6, 6.07) is 0. The number of rotatable bonds is 0. The molecule has 1 N–H and O–H groups in total. The molecule has 0 heterocycles. The summed E-state index contributed by atoms with van der Waals surface area (Å²) in [5, 5.41) is 7.33. The second kappa shape index (κ2) is 3.52. The molecule has 0 unspecified atom stereocenters. The SMILES string of the molecule is C1C2CC3C4CC5CC(C14)C(C2)C3C5.C=CO. The van der Waals surface area contributed by atoms with E-state index in [1.165, 1.54) is 47.3 Å². The van der Waals surface area contributed by atoms with E-state index in [0.717, 1.165) is 6.26 Å². The maximum absolute atomic E-state index is 7.33. The molecule has 17 heavy (non-hydrogen) atoms. The van der Waals surface area contributed by atoms with Crippen LogP contribution in [-0.2, 0) is 0 Å². The van der Waals surface area contributed by atoms with Crippen LogP contribution in [0, 0.1) is 47.3 Å². The normalized spacial score (nSPS) is 60.0. The van der Waals surface area contributed by atoms with Crippen LogP contribution < -0.4 is 0 Å². The van der Waals surface area contributed by atoms with Gasteiger partial charge in [-0.05, 0) is 85.9 Å². The lowest BCUT2D eigenvalue weighted by Gasteiger charge is -2.69. The lowest BCUT2D eigenvalue weighted by molar-refractivity contribution is -0.202. The molecule has 0 saturated heterocycles. The Kier molecular flexibility index (Phi) is 2.17. The van der Waals surface area contributed by atoms with Crippen molar-refractivity contribution in [1.29, 1.82) is 0 Å². The summed E-state index contributed by atoms with van der Waals surface area (Å²) < 4.78 is 0. The van der Waals surface area contributed by atoms with Crippen LogP contribution in [-0.4, -0.2) is 5.11 Å². The van der Waals surface area contributed by atoms with E-state index in [2.05, 4.69) is 6.58 Å². The van der Waals surface area contributed by atoms with Gasteiger partial charge in [0.2, 0.25) is 0 Å². The molecule has 7 fully saturated rings. The molecule has 7 aliphatic carbocycles. The van der Waals surface area contributed by atoms with E-state index < -0.39 is 0 Å². The summed E-state index contributed by atoms with van der Waals surface area (Å²) in [5.41, 5.74) is 0. The topological polar surface area (TPSA) is 20.2 Å². The largest absolute Gasteiger partial charge is 0.516 e. The van der Waals surface area contributed by atoms with Crippen LogP contribution in [0.1, 0.15) is 38.5 Å².